The Morgan fingerprint density at radius 1 is 1.03 bits per heavy atom. The van der Waals surface area contributed by atoms with E-state index < -0.39 is 0 Å². The number of nitrogens with one attached hydrogen (secondary N) is 1. The maximum absolute atomic E-state index is 12.2. The van der Waals surface area contributed by atoms with Crippen LogP contribution in [0.5, 0.6) is 5.75 Å². The molecule has 2 aliphatic heterocycles. The van der Waals surface area contributed by atoms with E-state index in [1.807, 2.05) is 53.4 Å². The molecule has 2 aromatic rings. The third-order valence-electron chi connectivity index (χ3n) is 6.08. The highest BCUT2D eigenvalue weighted by molar-refractivity contribution is 5.74. The lowest BCUT2D eigenvalue weighted by Crippen LogP contribution is -2.44. The molecule has 2 aliphatic rings. The van der Waals surface area contributed by atoms with Gasteiger partial charge >= 0.3 is 6.03 Å². The van der Waals surface area contributed by atoms with Gasteiger partial charge in [-0.2, -0.15) is 5.26 Å². The van der Waals surface area contributed by atoms with Crippen molar-refractivity contribution < 1.29 is 9.53 Å². The number of hydrogen-bond donors (Lipinski definition) is 1. The Labute approximate surface area is 184 Å². The van der Waals surface area contributed by atoms with Gasteiger partial charge in [-0.15, -0.1) is 0 Å². The zero-order valence-corrected chi connectivity index (χ0v) is 17.9. The van der Waals surface area contributed by atoms with Gasteiger partial charge in [-0.1, -0.05) is 24.3 Å². The Kier molecular flexibility index (Phi) is 7.06. The molecule has 0 unspecified atom stereocenters. The van der Waals surface area contributed by atoms with Crippen LogP contribution in [0.25, 0.3) is 11.1 Å². The van der Waals surface area contributed by atoms with Crippen LogP contribution in [0.2, 0.25) is 0 Å². The molecule has 162 valence electrons. The number of nitrogens with zero attached hydrogens (tertiary/aromatic N) is 3. The second kappa shape index (κ2) is 10.3. The molecular formula is C25H30N4O2. The zero-order chi connectivity index (χ0) is 21.5. The minimum absolute atomic E-state index is 0.108. The highest BCUT2D eigenvalue weighted by atomic mass is 16.5. The number of benzene rings is 2. The van der Waals surface area contributed by atoms with Crippen molar-refractivity contribution in [1.82, 2.24) is 15.1 Å². The number of urea groups is 1. The van der Waals surface area contributed by atoms with E-state index in [0.717, 1.165) is 75.3 Å². The van der Waals surface area contributed by atoms with Crippen molar-refractivity contribution in [3.05, 3.63) is 54.1 Å². The van der Waals surface area contributed by atoms with Gasteiger partial charge in [0.1, 0.15) is 5.75 Å². The molecule has 2 amide bonds. The molecule has 0 spiro atoms. The molecule has 1 N–H and O–H groups in total. The second-order valence-corrected chi connectivity index (χ2v) is 8.35. The zero-order valence-electron chi connectivity index (χ0n) is 17.9. The minimum atomic E-state index is 0.108. The van der Waals surface area contributed by atoms with Crippen LogP contribution in [-0.2, 0) is 0 Å². The van der Waals surface area contributed by atoms with E-state index in [1.165, 1.54) is 0 Å². The minimum Gasteiger partial charge on any atom is -0.494 e. The Balaban J connectivity index is 1.15. The number of carbonyl (C=O) groups excluding carboxylic acids is 1. The average Bonchev–Trinajstić information content (AvgIpc) is 3.50. The summed E-state index contributed by atoms with van der Waals surface area (Å²) in [6.45, 7) is 5.42. The van der Waals surface area contributed by atoms with Gasteiger partial charge in [-0.3, -0.25) is 0 Å². The lowest BCUT2D eigenvalue weighted by molar-refractivity contribution is 0.203. The lowest BCUT2D eigenvalue weighted by atomic mass is 10.0. The first kappa shape index (κ1) is 21.2. The number of hydrogen-bond acceptors (Lipinski definition) is 4. The van der Waals surface area contributed by atoms with Crippen molar-refractivity contribution in [2.75, 3.05) is 39.3 Å². The fourth-order valence-electron chi connectivity index (χ4n) is 4.30. The van der Waals surface area contributed by atoms with Crippen molar-refractivity contribution in [2.24, 2.45) is 0 Å². The fourth-order valence-corrected chi connectivity index (χ4v) is 4.30. The Bertz CT molecular complexity index is 899. The average molecular weight is 419 g/mol. The molecule has 0 radical (unpaired) electrons. The summed E-state index contributed by atoms with van der Waals surface area (Å²) < 4.78 is 5.91. The predicted molar refractivity (Wildman–Crippen MR) is 121 cm³/mol. The molecule has 0 saturated carbocycles. The standard InChI is InChI=1S/C25H30N4O2/c26-18-20-4-6-21(7-5-20)22-8-10-24(11-9-22)31-17-3-13-28-16-12-23(19-28)27-25(30)29-14-1-2-15-29/h4-11,23H,1-3,12-17,19H2,(H,27,30)/t23-/m1/s1. The molecule has 6 nitrogen and oxygen atoms in total. The summed E-state index contributed by atoms with van der Waals surface area (Å²) in [5, 5.41) is 12.1. The summed E-state index contributed by atoms with van der Waals surface area (Å²) in [6, 6.07) is 18.2. The third kappa shape index (κ3) is 5.77. The molecule has 0 aromatic heterocycles. The summed E-state index contributed by atoms with van der Waals surface area (Å²) in [5.41, 5.74) is 2.86. The van der Waals surface area contributed by atoms with Crippen molar-refractivity contribution in [3.8, 4) is 22.9 Å². The number of likely N-dealkylation sites (tertiary alicyclic amines) is 2. The van der Waals surface area contributed by atoms with Crippen LogP contribution < -0.4 is 10.1 Å². The summed E-state index contributed by atoms with van der Waals surface area (Å²) in [4.78, 5) is 16.6. The number of ether oxygens (including phenoxy) is 1. The molecule has 2 fully saturated rings. The van der Waals surface area contributed by atoms with Crippen molar-refractivity contribution in [1.29, 1.82) is 5.26 Å². The fraction of sp³-hybridized carbons (Fsp3) is 0.440. The van der Waals surface area contributed by atoms with E-state index in [-0.39, 0.29) is 12.1 Å². The molecule has 2 heterocycles. The Hall–Kier alpha value is -3.04. The lowest BCUT2D eigenvalue weighted by Gasteiger charge is -2.20. The Morgan fingerprint density at radius 2 is 1.71 bits per heavy atom. The van der Waals surface area contributed by atoms with Gasteiger partial charge in [0.25, 0.3) is 0 Å². The SMILES string of the molecule is N#Cc1ccc(-c2ccc(OCCCN3CC[C@@H](NC(=O)N4CCCC4)C3)cc2)cc1. The van der Waals surface area contributed by atoms with Gasteiger partial charge in [0.2, 0.25) is 0 Å². The molecule has 2 saturated heterocycles. The normalized spacial score (nSPS) is 18.7. The number of amides is 2. The maximum atomic E-state index is 12.2. The van der Waals surface area contributed by atoms with Crippen molar-refractivity contribution in [2.45, 2.75) is 31.7 Å². The van der Waals surface area contributed by atoms with Gasteiger partial charge < -0.3 is 19.9 Å². The third-order valence-corrected chi connectivity index (χ3v) is 6.08. The molecule has 1 atom stereocenters. The van der Waals surface area contributed by atoms with Gasteiger partial charge in [0.05, 0.1) is 18.2 Å². The first-order chi connectivity index (χ1) is 15.2. The molecule has 6 heteroatoms. The summed E-state index contributed by atoms with van der Waals surface area (Å²) in [5.74, 6) is 0.870. The van der Waals surface area contributed by atoms with E-state index in [2.05, 4.69) is 16.3 Å². The first-order valence-electron chi connectivity index (χ1n) is 11.2. The molecule has 2 aromatic carbocycles. The van der Waals surface area contributed by atoms with Crippen LogP contribution in [-0.4, -0.2) is 61.2 Å². The molecule has 4 rings (SSSR count). The monoisotopic (exact) mass is 418 g/mol. The summed E-state index contributed by atoms with van der Waals surface area (Å²) in [6.07, 6.45) is 4.24. The van der Waals surface area contributed by atoms with Gasteiger partial charge in [0.15, 0.2) is 0 Å². The van der Waals surface area contributed by atoms with Crippen LogP contribution in [0, 0.1) is 11.3 Å². The molecular weight excluding hydrogens is 388 g/mol. The van der Waals surface area contributed by atoms with E-state index in [4.69, 9.17) is 10.00 Å². The highest BCUT2D eigenvalue weighted by Crippen LogP contribution is 2.23. The Morgan fingerprint density at radius 3 is 2.39 bits per heavy atom. The molecule has 0 bridgehead atoms. The van der Waals surface area contributed by atoms with Gasteiger partial charge in [-0.25, -0.2) is 4.79 Å². The quantitative estimate of drug-likeness (QED) is 0.693. The van der Waals surface area contributed by atoms with Crippen molar-refractivity contribution in [3.63, 3.8) is 0 Å². The van der Waals surface area contributed by atoms with E-state index in [0.29, 0.717) is 12.2 Å². The van der Waals surface area contributed by atoms with Crippen LogP contribution in [0.15, 0.2) is 48.5 Å². The highest BCUT2D eigenvalue weighted by Gasteiger charge is 2.26. The van der Waals surface area contributed by atoms with Crippen LogP contribution >= 0.6 is 0 Å². The molecule has 31 heavy (non-hydrogen) atoms. The number of carbonyl (C=O) groups is 1. The van der Waals surface area contributed by atoms with Crippen molar-refractivity contribution >= 4 is 6.03 Å². The van der Waals surface area contributed by atoms with E-state index in [1.54, 1.807) is 0 Å². The second-order valence-electron chi connectivity index (χ2n) is 8.35. The summed E-state index contributed by atoms with van der Waals surface area (Å²) in [7, 11) is 0. The molecule has 0 aliphatic carbocycles. The van der Waals surface area contributed by atoms with Crippen LogP contribution in [0.3, 0.4) is 0 Å². The largest absolute Gasteiger partial charge is 0.494 e. The summed E-state index contributed by atoms with van der Waals surface area (Å²) >= 11 is 0. The van der Waals surface area contributed by atoms with Gasteiger partial charge in [-0.05, 0) is 61.1 Å². The van der Waals surface area contributed by atoms with Crippen LogP contribution in [0.4, 0.5) is 4.79 Å². The smallest absolute Gasteiger partial charge is 0.317 e. The van der Waals surface area contributed by atoms with E-state index in [9.17, 15) is 4.79 Å². The van der Waals surface area contributed by atoms with Crippen LogP contribution in [0.1, 0.15) is 31.2 Å². The topological polar surface area (TPSA) is 68.6 Å². The number of nitriles is 1. The maximum Gasteiger partial charge on any atom is 0.317 e. The van der Waals surface area contributed by atoms with Gasteiger partial charge in [0, 0.05) is 38.8 Å². The van der Waals surface area contributed by atoms with E-state index >= 15 is 0 Å². The number of rotatable bonds is 7. The first-order valence-corrected chi connectivity index (χ1v) is 11.2. The predicted octanol–water partition coefficient (Wildman–Crippen LogP) is 3.87.